The number of H-pyrrole nitrogens is 1. The minimum absolute atomic E-state index is 0. The van der Waals surface area contributed by atoms with Crippen molar-refractivity contribution in [2.45, 2.75) is 6.92 Å². The summed E-state index contributed by atoms with van der Waals surface area (Å²) in [4.78, 5) is 9.52. The van der Waals surface area contributed by atoms with Crippen molar-refractivity contribution in [1.82, 2.24) is 9.97 Å². The number of hydrogen-bond donors (Lipinski definition) is 4. The minimum Gasteiger partial charge on any atom is -0.383 e. The Morgan fingerprint density at radius 1 is 1.32 bits per heavy atom. The third-order valence-corrected chi connectivity index (χ3v) is 4.16. The third kappa shape index (κ3) is 3.29. The first kappa shape index (κ1) is 16.1. The number of nitrogens with two attached hydrogens (primary N) is 1. The Bertz CT molecular complexity index is 778. The average molecular weight is 334 g/mol. The molecule has 1 aromatic carbocycles. The Morgan fingerprint density at radius 2 is 2.05 bits per heavy atom. The number of hydrogen-bond acceptors (Lipinski definition) is 4. The van der Waals surface area contributed by atoms with Crippen LogP contribution in [0.3, 0.4) is 0 Å². The predicted molar refractivity (Wildman–Crippen MR) is 94.6 cm³/mol. The average Bonchev–Trinajstić information content (AvgIpc) is 3.06. The number of aryl methyl sites for hydroxylation is 1. The summed E-state index contributed by atoms with van der Waals surface area (Å²) in [6.07, 6.45) is 1.85. The molecule has 0 fully saturated rings. The number of anilines is 2. The Balaban J connectivity index is 0.00000176. The van der Waals surface area contributed by atoms with Gasteiger partial charge >= 0.3 is 0 Å². The maximum Gasteiger partial charge on any atom is 0.205 e. The molecular weight excluding hydrogens is 318 g/mol. The van der Waals surface area contributed by atoms with Gasteiger partial charge in [0, 0.05) is 22.3 Å². The molecule has 0 aliphatic carbocycles. The van der Waals surface area contributed by atoms with Crippen molar-refractivity contribution in [2.75, 3.05) is 5.32 Å². The first-order valence-corrected chi connectivity index (χ1v) is 7.28. The van der Waals surface area contributed by atoms with Crippen LogP contribution in [0.5, 0.6) is 0 Å². The highest BCUT2D eigenvalue weighted by Gasteiger charge is 2.12. The summed E-state index contributed by atoms with van der Waals surface area (Å²) in [6.45, 7) is 2.01. The molecule has 114 valence electrons. The predicted octanol–water partition coefficient (Wildman–Crippen LogP) is 3.90. The molecule has 5 N–H and O–H groups in total. The van der Waals surface area contributed by atoms with Crippen LogP contribution in [0.2, 0.25) is 0 Å². The quantitative estimate of drug-likeness (QED) is 0.431. The van der Waals surface area contributed by atoms with E-state index >= 15 is 0 Å². The van der Waals surface area contributed by atoms with E-state index in [9.17, 15) is 0 Å². The zero-order valence-electron chi connectivity index (χ0n) is 11.9. The van der Waals surface area contributed by atoms with E-state index in [1.54, 1.807) is 0 Å². The Labute approximate surface area is 138 Å². The summed E-state index contributed by atoms with van der Waals surface area (Å²) in [5.41, 5.74) is 8.36. The number of thiophene rings is 1. The number of nitrogens with one attached hydrogen (secondary N) is 3. The maximum absolute atomic E-state index is 7.51. The first-order valence-electron chi connectivity index (χ1n) is 6.46. The molecule has 0 aliphatic heterocycles. The Morgan fingerprint density at radius 3 is 2.68 bits per heavy atom. The normalized spacial score (nSPS) is 10.0. The molecule has 0 amide bonds. The lowest BCUT2D eigenvalue weighted by molar-refractivity contribution is 1.29. The number of para-hydroxylation sites is 1. The molecule has 0 radical (unpaired) electrons. The monoisotopic (exact) mass is 333 g/mol. The fraction of sp³-hybridized carbons (Fsp3) is 0.0667. The van der Waals surface area contributed by atoms with E-state index in [4.69, 9.17) is 11.1 Å². The summed E-state index contributed by atoms with van der Waals surface area (Å²) in [6, 6.07) is 11.8. The maximum atomic E-state index is 7.51. The van der Waals surface area contributed by atoms with Crippen LogP contribution < -0.4 is 11.1 Å². The highest BCUT2D eigenvalue weighted by atomic mass is 35.5. The highest BCUT2D eigenvalue weighted by Crippen LogP contribution is 2.30. The summed E-state index contributed by atoms with van der Waals surface area (Å²) < 4.78 is 0. The third-order valence-electron chi connectivity index (χ3n) is 3.07. The number of imidazole rings is 1. The van der Waals surface area contributed by atoms with Gasteiger partial charge in [0.25, 0.3) is 0 Å². The van der Waals surface area contributed by atoms with Crippen LogP contribution in [-0.4, -0.2) is 15.8 Å². The van der Waals surface area contributed by atoms with Gasteiger partial charge in [-0.05, 0) is 25.1 Å². The van der Waals surface area contributed by atoms with Crippen molar-refractivity contribution in [1.29, 1.82) is 5.41 Å². The van der Waals surface area contributed by atoms with Gasteiger partial charge in [-0.15, -0.1) is 23.7 Å². The SMILES string of the molecule is Cc1sc(C(=N)N)cc1-c1c[nH]c(Nc2ccccc2)n1.Cl. The van der Waals surface area contributed by atoms with Crippen LogP contribution in [-0.2, 0) is 0 Å². The molecule has 3 aromatic rings. The standard InChI is InChI=1S/C15H15N5S.ClH/c1-9-11(7-13(21-9)14(16)17)12-8-18-15(20-12)19-10-5-3-2-4-6-10;/h2-8H,1H3,(H3,16,17)(H2,18,19,20);1H. The highest BCUT2D eigenvalue weighted by molar-refractivity contribution is 7.14. The zero-order valence-corrected chi connectivity index (χ0v) is 13.5. The summed E-state index contributed by atoms with van der Waals surface area (Å²) >= 11 is 1.51. The molecule has 2 heterocycles. The van der Waals surface area contributed by atoms with Gasteiger partial charge in [-0.1, -0.05) is 18.2 Å². The van der Waals surface area contributed by atoms with Crippen molar-refractivity contribution in [3.8, 4) is 11.3 Å². The number of nitrogens with zero attached hydrogens (tertiary/aromatic N) is 1. The lowest BCUT2D eigenvalue weighted by Gasteiger charge is -2.00. The van der Waals surface area contributed by atoms with Gasteiger partial charge in [-0.3, -0.25) is 5.41 Å². The van der Waals surface area contributed by atoms with Crippen LogP contribution in [0.4, 0.5) is 11.6 Å². The van der Waals surface area contributed by atoms with Gasteiger partial charge in [-0.2, -0.15) is 0 Å². The fourth-order valence-corrected chi connectivity index (χ4v) is 2.94. The Kier molecular flexibility index (Phi) is 4.85. The summed E-state index contributed by atoms with van der Waals surface area (Å²) in [5, 5.41) is 10.7. The number of halogens is 1. The van der Waals surface area contributed by atoms with Crippen LogP contribution in [0.1, 0.15) is 9.75 Å². The summed E-state index contributed by atoms with van der Waals surface area (Å²) in [7, 11) is 0. The second kappa shape index (κ2) is 6.64. The molecule has 7 heteroatoms. The first-order chi connectivity index (χ1) is 10.1. The number of aromatic nitrogens is 2. The van der Waals surface area contributed by atoms with Crippen LogP contribution in [0.25, 0.3) is 11.3 Å². The molecule has 0 spiro atoms. The van der Waals surface area contributed by atoms with Crippen LogP contribution >= 0.6 is 23.7 Å². The van der Waals surface area contributed by atoms with Crippen molar-refractivity contribution < 1.29 is 0 Å². The number of amidine groups is 1. The van der Waals surface area contributed by atoms with Gasteiger partial charge in [0.15, 0.2) is 0 Å². The van der Waals surface area contributed by atoms with Gasteiger partial charge in [0.1, 0.15) is 5.84 Å². The molecule has 2 aromatic heterocycles. The number of rotatable bonds is 4. The summed E-state index contributed by atoms with van der Waals surface area (Å²) in [5.74, 6) is 0.777. The van der Waals surface area contributed by atoms with E-state index in [1.165, 1.54) is 11.3 Å². The molecule has 0 aliphatic rings. The minimum atomic E-state index is 0. The molecular formula is C15H16ClN5S. The molecule has 0 saturated carbocycles. The molecule has 3 rings (SSSR count). The Hall–Kier alpha value is -2.31. The second-order valence-corrected chi connectivity index (χ2v) is 5.88. The smallest absolute Gasteiger partial charge is 0.205 e. The second-order valence-electron chi connectivity index (χ2n) is 4.62. The molecule has 0 unspecified atom stereocenters. The molecule has 0 saturated heterocycles. The van der Waals surface area contributed by atoms with Crippen LogP contribution in [0.15, 0.2) is 42.6 Å². The van der Waals surface area contributed by atoms with E-state index in [2.05, 4.69) is 15.3 Å². The largest absolute Gasteiger partial charge is 0.383 e. The number of aromatic amines is 1. The van der Waals surface area contributed by atoms with Gasteiger partial charge in [-0.25, -0.2) is 4.98 Å². The van der Waals surface area contributed by atoms with E-state index in [0.717, 1.165) is 26.7 Å². The van der Waals surface area contributed by atoms with Crippen molar-refractivity contribution in [3.63, 3.8) is 0 Å². The molecule has 22 heavy (non-hydrogen) atoms. The molecule has 0 atom stereocenters. The van der Waals surface area contributed by atoms with E-state index in [1.807, 2.05) is 49.5 Å². The molecule has 0 bridgehead atoms. The van der Waals surface area contributed by atoms with Gasteiger partial charge in [0.05, 0.1) is 10.6 Å². The van der Waals surface area contributed by atoms with E-state index < -0.39 is 0 Å². The van der Waals surface area contributed by atoms with Crippen LogP contribution in [0, 0.1) is 12.3 Å². The number of nitrogen functional groups attached to an aromatic ring is 1. The topological polar surface area (TPSA) is 90.6 Å². The lowest BCUT2D eigenvalue weighted by Crippen LogP contribution is -2.08. The van der Waals surface area contributed by atoms with E-state index in [0.29, 0.717) is 5.95 Å². The van der Waals surface area contributed by atoms with Crippen molar-refractivity contribution >= 4 is 41.2 Å². The van der Waals surface area contributed by atoms with Crippen molar-refractivity contribution in [3.05, 3.63) is 52.3 Å². The van der Waals surface area contributed by atoms with Gasteiger partial charge < -0.3 is 16.0 Å². The lowest BCUT2D eigenvalue weighted by atomic mass is 10.2. The van der Waals surface area contributed by atoms with Crippen molar-refractivity contribution in [2.24, 2.45) is 5.73 Å². The van der Waals surface area contributed by atoms with Gasteiger partial charge in [0.2, 0.25) is 5.95 Å². The van der Waals surface area contributed by atoms with E-state index in [-0.39, 0.29) is 18.2 Å². The number of benzene rings is 1. The fourth-order valence-electron chi connectivity index (χ4n) is 2.05. The zero-order chi connectivity index (χ0) is 14.8. The molecule has 5 nitrogen and oxygen atoms in total.